The quantitative estimate of drug-likeness (QED) is 0.213. The highest BCUT2D eigenvalue weighted by atomic mass is 19.4. The number of para-hydroxylation sites is 1. The van der Waals surface area contributed by atoms with E-state index in [2.05, 4.69) is 29.2 Å². The van der Waals surface area contributed by atoms with Gasteiger partial charge in [-0.05, 0) is 53.1 Å². The maximum absolute atomic E-state index is 14.2. The molecule has 1 N–H and O–H groups in total. The van der Waals surface area contributed by atoms with Gasteiger partial charge >= 0.3 is 12.1 Å². The van der Waals surface area contributed by atoms with Crippen molar-refractivity contribution in [2.45, 2.75) is 12.7 Å². The molecule has 0 aliphatic heterocycles. The third-order valence-electron chi connectivity index (χ3n) is 6.02. The zero-order valence-electron chi connectivity index (χ0n) is 21.6. The topological polar surface area (TPSA) is 64.4 Å². The first-order valence-corrected chi connectivity index (χ1v) is 12.2. The average Bonchev–Trinajstić information content (AvgIpc) is 3.38. The van der Waals surface area contributed by atoms with Crippen LogP contribution >= 0.6 is 0 Å². The molecule has 0 saturated heterocycles. The molecule has 0 spiro atoms. The van der Waals surface area contributed by atoms with Crippen LogP contribution in [0.2, 0.25) is 0 Å². The van der Waals surface area contributed by atoms with Crippen LogP contribution < -0.4 is 4.74 Å². The molecule has 5 aromatic rings. The van der Waals surface area contributed by atoms with E-state index >= 15 is 0 Å². The summed E-state index contributed by atoms with van der Waals surface area (Å²) in [7, 11) is 1.60. The van der Waals surface area contributed by atoms with Crippen LogP contribution in [0.1, 0.15) is 5.56 Å². The normalized spacial score (nSPS) is 11.0. The summed E-state index contributed by atoms with van der Waals surface area (Å²) in [4.78, 5) is 13.6. The van der Waals surface area contributed by atoms with Crippen LogP contribution in [0.3, 0.4) is 0 Å². The minimum Gasteiger partial charge on any atom is -0.496 e. The van der Waals surface area contributed by atoms with Gasteiger partial charge < -0.3 is 14.4 Å². The molecule has 0 bridgehead atoms. The Morgan fingerprint density at radius 2 is 1.49 bits per heavy atom. The van der Waals surface area contributed by atoms with E-state index in [-0.39, 0.29) is 0 Å². The molecular formula is C31H23F5N2O3. The number of hydrogen-bond donors (Lipinski definition) is 1. The fourth-order valence-corrected chi connectivity index (χ4v) is 4.16. The molecule has 0 aliphatic carbocycles. The molecular weight excluding hydrogens is 543 g/mol. The average molecular weight is 567 g/mol. The Hall–Kier alpha value is -4.99. The van der Waals surface area contributed by atoms with Crippen LogP contribution in [0.15, 0.2) is 103 Å². The first-order chi connectivity index (χ1) is 19.6. The van der Waals surface area contributed by atoms with Crippen molar-refractivity contribution in [1.82, 2.24) is 9.55 Å². The van der Waals surface area contributed by atoms with Crippen molar-refractivity contribution in [2.24, 2.45) is 0 Å². The summed E-state index contributed by atoms with van der Waals surface area (Å²) in [6.45, 7) is 0.511. The second-order valence-corrected chi connectivity index (χ2v) is 8.77. The fourth-order valence-electron chi connectivity index (χ4n) is 4.16. The molecule has 210 valence electrons. The first-order valence-electron chi connectivity index (χ1n) is 12.2. The van der Waals surface area contributed by atoms with Crippen LogP contribution in [0.5, 0.6) is 5.75 Å². The number of methoxy groups -OCH3 is 1. The highest BCUT2D eigenvalue weighted by Gasteiger charge is 2.38. The van der Waals surface area contributed by atoms with Crippen molar-refractivity contribution in [2.75, 3.05) is 7.11 Å². The molecule has 0 fully saturated rings. The van der Waals surface area contributed by atoms with Crippen molar-refractivity contribution in [3.05, 3.63) is 121 Å². The van der Waals surface area contributed by atoms with Gasteiger partial charge in [-0.1, -0.05) is 60.7 Å². The van der Waals surface area contributed by atoms with Crippen molar-refractivity contribution in [3.63, 3.8) is 0 Å². The lowest BCUT2D eigenvalue weighted by atomic mass is 10.0. The zero-order chi connectivity index (χ0) is 29.6. The second-order valence-electron chi connectivity index (χ2n) is 8.77. The number of ether oxygens (including phenoxy) is 1. The van der Waals surface area contributed by atoms with Gasteiger partial charge in [-0.2, -0.15) is 13.2 Å². The zero-order valence-corrected chi connectivity index (χ0v) is 21.6. The van der Waals surface area contributed by atoms with Crippen LogP contribution in [-0.2, 0) is 11.3 Å². The molecule has 0 radical (unpaired) electrons. The smallest absolute Gasteiger partial charge is 0.490 e. The summed E-state index contributed by atoms with van der Waals surface area (Å²) in [5.74, 6) is -3.89. The minimum atomic E-state index is -5.08. The van der Waals surface area contributed by atoms with E-state index in [1.807, 2.05) is 59.2 Å². The Bertz CT molecular complexity index is 1650. The van der Waals surface area contributed by atoms with E-state index in [0.717, 1.165) is 28.3 Å². The number of benzene rings is 4. The Labute approximate surface area is 232 Å². The number of aliphatic carboxylic acids is 1. The van der Waals surface area contributed by atoms with Crippen molar-refractivity contribution in [3.8, 4) is 39.4 Å². The van der Waals surface area contributed by atoms with Gasteiger partial charge in [0.1, 0.15) is 11.4 Å². The highest BCUT2D eigenvalue weighted by molar-refractivity contribution is 5.82. The molecule has 10 heteroatoms. The van der Waals surface area contributed by atoms with Crippen LogP contribution in [0.25, 0.3) is 33.6 Å². The van der Waals surface area contributed by atoms with E-state index < -0.39 is 23.8 Å². The van der Waals surface area contributed by atoms with E-state index in [9.17, 15) is 22.0 Å². The van der Waals surface area contributed by atoms with Crippen LogP contribution in [-0.4, -0.2) is 33.9 Å². The molecule has 5 nitrogen and oxygen atoms in total. The lowest BCUT2D eigenvalue weighted by Crippen LogP contribution is -2.21. The first kappa shape index (κ1) is 29.0. The summed E-state index contributed by atoms with van der Waals surface area (Å²) in [6, 6.07) is 29.9. The standard InChI is InChI=1S/C29H22F2N2O.C2HF3O2/c1-34-27-13-6-5-12-24(27)28-29(23-14-15-25(30)26(31)17-23)33(19-32-28)18-20-8-7-11-22(16-20)21-9-3-2-4-10-21;3-2(4,5)1(6)7/h2-17,19H,18H2,1H3;(H,6,7). The lowest BCUT2D eigenvalue weighted by Gasteiger charge is -2.13. The number of nitrogens with zero attached hydrogens (tertiary/aromatic N) is 2. The summed E-state index contributed by atoms with van der Waals surface area (Å²) in [6.07, 6.45) is -3.35. The van der Waals surface area contributed by atoms with Crippen molar-refractivity contribution in [1.29, 1.82) is 0 Å². The summed E-state index contributed by atoms with van der Waals surface area (Å²) in [5.41, 5.74) is 5.95. The van der Waals surface area contributed by atoms with Crippen LogP contribution in [0, 0.1) is 11.6 Å². The second kappa shape index (κ2) is 12.5. The number of imidazole rings is 1. The SMILES string of the molecule is COc1ccccc1-c1ncn(Cc2cccc(-c3ccccc3)c2)c1-c1ccc(F)c(F)c1.O=C(O)C(F)(F)F. The summed E-state index contributed by atoms with van der Waals surface area (Å²) < 4.78 is 67.2. The number of rotatable bonds is 6. The van der Waals surface area contributed by atoms with Gasteiger partial charge in [-0.15, -0.1) is 0 Å². The molecule has 0 amide bonds. The van der Waals surface area contributed by atoms with Gasteiger partial charge in [0, 0.05) is 17.7 Å². The number of aromatic nitrogens is 2. The van der Waals surface area contributed by atoms with E-state index in [4.69, 9.17) is 14.6 Å². The molecule has 0 atom stereocenters. The maximum Gasteiger partial charge on any atom is 0.490 e. The maximum atomic E-state index is 14.2. The predicted molar refractivity (Wildman–Crippen MR) is 144 cm³/mol. The molecule has 4 aromatic carbocycles. The molecule has 5 rings (SSSR count). The predicted octanol–water partition coefficient (Wildman–Crippen LogP) is 7.85. The number of carboxylic acid groups (broad SMARTS) is 1. The van der Waals surface area contributed by atoms with E-state index in [1.165, 1.54) is 6.07 Å². The number of halogens is 5. The third kappa shape index (κ3) is 6.96. The monoisotopic (exact) mass is 566 g/mol. The summed E-state index contributed by atoms with van der Waals surface area (Å²) >= 11 is 0. The van der Waals surface area contributed by atoms with Gasteiger partial charge in [-0.3, -0.25) is 0 Å². The number of alkyl halides is 3. The molecule has 0 aliphatic rings. The number of hydrogen-bond acceptors (Lipinski definition) is 3. The molecule has 41 heavy (non-hydrogen) atoms. The van der Waals surface area contributed by atoms with Crippen molar-refractivity contribution < 1.29 is 36.6 Å². The van der Waals surface area contributed by atoms with Crippen molar-refractivity contribution >= 4 is 5.97 Å². The fraction of sp³-hybridized carbons (Fsp3) is 0.0968. The van der Waals surface area contributed by atoms with Gasteiger partial charge in [0.25, 0.3) is 0 Å². The molecule has 1 heterocycles. The van der Waals surface area contributed by atoms with Gasteiger partial charge in [0.15, 0.2) is 11.6 Å². The van der Waals surface area contributed by atoms with Crippen LogP contribution in [0.4, 0.5) is 22.0 Å². The minimum absolute atomic E-state index is 0.511. The van der Waals surface area contributed by atoms with Gasteiger partial charge in [0.2, 0.25) is 0 Å². The third-order valence-corrected chi connectivity index (χ3v) is 6.02. The number of carboxylic acids is 1. The Morgan fingerprint density at radius 1 is 0.829 bits per heavy atom. The Kier molecular flexibility index (Phi) is 8.81. The Balaban J connectivity index is 0.000000493. The van der Waals surface area contributed by atoms with Gasteiger partial charge in [0.05, 0.1) is 19.1 Å². The Morgan fingerprint density at radius 3 is 2.15 bits per heavy atom. The molecule has 0 unspecified atom stereocenters. The summed E-state index contributed by atoms with van der Waals surface area (Å²) in [5, 5.41) is 7.12. The van der Waals surface area contributed by atoms with Gasteiger partial charge in [-0.25, -0.2) is 18.6 Å². The molecule has 0 saturated carbocycles. The largest absolute Gasteiger partial charge is 0.496 e. The highest BCUT2D eigenvalue weighted by Crippen LogP contribution is 2.37. The van der Waals surface area contributed by atoms with E-state index in [1.54, 1.807) is 19.5 Å². The molecule has 1 aromatic heterocycles. The van der Waals surface area contributed by atoms with E-state index in [0.29, 0.717) is 29.2 Å². The lowest BCUT2D eigenvalue weighted by molar-refractivity contribution is -0.192. The number of carbonyl (C=O) groups is 1.